The Morgan fingerprint density at radius 1 is 1.00 bits per heavy atom. The number of hydrogen-bond donors (Lipinski definition) is 2. The van der Waals surface area contributed by atoms with Crippen molar-refractivity contribution in [3.63, 3.8) is 0 Å². The molecule has 0 amide bonds. The van der Waals surface area contributed by atoms with Gasteiger partial charge in [0.15, 0.2) is 0 Å². The van der Waals surface area contributed by atoms with Crippen LogP contribution in [0, 0.1) is 0 Å². The maximum Gasteiger partial charge on any atom is 0.115 e. The molecule has 0 saturated carbocycles. The third kappa shape index (κ3) is 2.45. The van der Waals surface area contributed by atoms with Crippen LogP contribution in [0.5, 0.6) is 5.75 Å². The minimum Gasteiger partial charge on any atom is -0.508 e. The lowest BCUT2D eigenvalue weighted by Crippen LogP contribution is -2.03. The Hall–Kier alpha value is -3.47. The maximum absolute atomic E-state index is 9.67. The van der Waals surface area contributed by atoms with Crippen molar-refractivity contribution in [3.05, 3.63) is 72.4 Å². The molecule has 0 saturated heterocycles. The van der Waals surface area contributed by atoms with Crippen molar-refractivity contribution < 1.29 is 10.3 Å². The molecule has 2 aromatic carbocycles. The van der Waals surface area contributed by atoms with Gasteiger partial charge >= 0.3 is 0 Å². The van der Waals surface area contributed by atoms with E-state index in [2.05, 4.69) is 27.3 Å². The van der Waals surface area contributed by atoms with Gasteiger partial charge in [-0.15, -0.1) is 0 Å². The van der Waals surface area contributed by atoms with E-state index in [1.165, 1.54) is 6.21 Å². The average Bonchev–Trinajstić information content (AvgIpc) is 3.25. The van der Waals surface area contributed by atoms with E-state index in [1.807, 2.05) is 48.7 Å². The van der Waals surface area contributed by atoms with Crippen molar-refractivity contribution in [2.75, 3.05) is 0 Å². The number of hydrogen-bond acceptors (Lipinski definition) is 3. The summed E-state index contributed by atoms with van der Waals surface area (Å²) < 4.78 is 4.28. The van der Waals surface area contributed by atoms with E-state index in [4.69, 9.17) is 0 Å². The lowest BCUT2D eigenvalue weighted by Gasteiger charge is -2.14. The van der Waals surface area contributed by atoms with Crippen molar-refractivity contribution in [1.82, 2.24) is 9.13 Å². The third-order valence-electron chi connectivity index (χ3n) is 4.62. The van der Waals surface area contributed by atoms with E-state index in [0.717, 1.165) is 40.1 Å². The summed E-state index contributed by atoms with van der Waals surface area (Å²) in [6.07, 6.45) is 3.52. The van der Waals surface area contributed by atoms with E-state index in [9.17, 15) is 10.3 Å². The molecule has 0 atom stereocenters. The van der Waals surface area contributed by atoms with Crippen molar-refractivity contribution >= 4 is 17.1 Å². The Balaban J connectivity index is 2.15. The SMILES string of the molecule is CCn1cccc1-c1c(C=NO)c2ccccc2n1-c1ccc(O)cc1. The van der Waals surface area contributed by atoms with Crippen LogP contribution < -0.4 is 0 Å². The van der Waals surface area contributed by atoms with Crippen LogP contribution >= 0.6 is 0 Å². The van der Waals surface area contributed by atoms with Crippen molar-refractivity contribution in [2.45, 2.75) is 13.5 Å². The van der Waals surface area contributed by atoms with E-state index in [1.54, 1.807) is 12.1 Å². The molecule has 5 heteroatoms. The summed E-state index contributed by atoms with van der Waals surface area (Å²) in [6, 6.07) is 19.2. The number of aromatic hydroxyl groups is 1. The Labute approximate surface area is 151 Å². The molecule has 26 heavy (non-hydrogen) atoms. The zero-order valence-corrected chi connectivity index (χ0v) is 14.4. The second kappa shape index (κ2) is 6.44. The molecule has 5 nitrogen and oxygen atoms in total. The van der Waals surface area contributed by atoms with E-state index in [0.29, 0.717) is 0 Å². The fraction of sp³-hybridized carbons (Fsp3) is 0.0952. The summed E-state index contributed by atoms with van der Waals surface area (Å²) in [6.45, 7) is 2.92. The highest BCUT2D eigenvalue weighted by atomic mass is 16.4. The van der Waals surface area contributed by atoms with E-state index in [-0.39, 0.29) is 5.75 Å². The predicted molar refractivity (Wildman–Crippen MR) is 103 cm³/mol. The van der Waals surface area contributed by atoms with Crippen LogP contribution in [0.25, 0.3) is 28.0 Å². The van der Waals surface area contributed by atoms with Gasteiger partial charge in [-0.2, -0.15) is 0 Å². The number of phenols is 1. The Morgan fingerprint density at radius 2 is 1.77 bits per heavy atom. The van der Waals surface area contributed by atoms with Crippen LogP contribution in [-0.2, 0) is 6.54 Å². The standard InChI is InChI=1S/C21H19N3O2/c1-2-23-13-5-8-20(23)21-18(14-22-26)17-6-3-4-7-19(17)24(21)15-9-11-16(25)12-10-15/h3-14,25-26H,2H2,1H3. The van der Waals surface area contributed by atoms with Crippen LogP contribution in [0.4, 0.5) is 0 Å². The minimum atomic E-state index is 0.223. The molecule has 2 N–H and O–H groups in total. The van der Waals surface area contributed by atoms with Gasteiger partial charge in [-0.1, -0.05) is 23.4 Å². The summed E-state index contributed by atoms with van der Waals surface area (Å²) in [4.78, 5) is 0. The number of aromatic nitrogens is 2. The van der Waals surface area contributed by atoms with Crippen LogP contribution in [0.3, 0.4) is 0 Å². The van der Waals surface area contributed by atoms with Crippen LogP contribution in [0.2, 0.25) is 0 Å². The molecule has 0 radical (unpaired) electrons. The number of fused-ring (bicyclic) bond motifs is 1. The number of aryl methyl sites for hydroxylation is 1. The molecule has 4 aromatic rings. The Kier molecular flexibility index (Phi) is 3.97. The largest absolute Gasteiger partial charge is 0.508 e. The Morgan fingerprint density at radius 3 is 2.50 bits per heavy atom. The zero-order chi connectivity index (χ0) is 18.1. The number of phenolic OH excluding ortho intramolecular Hbond substituents is 1. The van der Waals surface area contributed by atoms with Gasteiger partial charge < -0.3 is 19.4 Å². The average molecular weight is 345 g/mol. The summed E-state index contributed by atoms with van der Waals surface area (Å²) in [5.74, 6) is 0.223. The molecule has 0 fully saturated rings. The summed E-state index contributed by atoms with van der Waals surface area (Å²) >= 11 is 0. The van der Waals surface area contributed by atoms with Gasteiger partial charge in [0.05, 0.1) is 23.1 Å². The molecule has 2 aromatic heterocycles. The Bertz CT molecular complexity index is 1090. The van der Waals surface area contributed by atoms with Crippen molar-refractivity contribution in [3.8, 4) is 22.8 Å². The predicted octanol–water partition coefficient (Wildman–Crippen LogP) is 4.63. The number of para-hydroxylation sites is 1. The van der Waals surface area contributed by atoms with E-state index >= 15 is 0 Å². The maximum atomic E-state index is 9.67. The van der Waals surface area contributed by atoms with Gasteiger partial charge in [0.2, 0.25) is 0 Å². The molecule has 0 aliphatic heterocycles. The van der Waals surface area contributed by atoms with Gasteiger partial charge in [0, 0.05) is 29.4 Å². The number of oxime groups is 1. The lowest BCUT2D eigenvalue weighted by molar-refractivity contribution is 0.322. The topological polar surface area (TPSA) is 62.7 Å². The molecule has 4 rings (SSSR count). The number of rotatable bonds is 4. The van der Waals surface area contributed by atoms with Gasteiger partial charge in [-0.05, 0) is 49.4 Å². The first-order valence-electron chi connectivity index (χ1n) is 8.50. The highest BCUT2D eigenvalue weighted by molar-refractivity contribution is 6.07. The quantitative estimate of drug-likeness (QED) is 0.322. The first kappa shape index (κ1) is 16.0. The fourth-order valence-corrected chi connectivity index (χ4v) is 3.48. The third-order valence-corrected chi connectivity index (χ3v) is 4.62. The second-order valence-corrected chi connectivity index (χ2v) is 6.06. The fourth-order valence-electron chi connectivity index (χ4n) is 3.48. The van der Waals surface area contributed by atoms with E-state index < -0.39 is 0 Å². The van der Waals surface area contributed by atoms with Crippen LogP contribution in [0.1, 0.15) is 12.5 Å². The molecular weight excluding hydrogens is 326 g/mol. The van der Waals surface area contributed by atoms with Crippen LogP contribution in [-0.4, -0.2) is 25.7 Å². The normalized spacial score (nSPS) is 11.6. The highest BCUT2D eigenvalue weighted by Gasteiger charge is 2.20. The molecular formula is C21H19N3O2. The van der Waals surface area contributed by atoms with Crippen LogP contribution in [0.15, 0.2) is 72.0 Å². The highest BCUT2D eigenvalue weighted by Crippen LogP contribution is 2.36. The number of nitrogens with zero attached hydrogens (tertiary/aromatic N) is 3. The van der Waals surface area contributed by atoms with Gasteiger partial charge in [0.1, 0.15) is 5.75 Å². The molecule has 0 unspecified atom stereocenters. The zero-order valence-electron chi connectivity index (χ0n) is 14.4. The van der Waals surface area contributed by atoms with Gasteiger partial charge in [-0.3, -0.25) is 0 Å². The lowest BCUT2D eigenvalue weighted by atomic mass is 10.1. The molecule has 0 aliphatic carbocycles. The second-order valence-electron chi connectivity index (χ2n) is 6.06. The van der Waals surface area contributed by atoms with Gasteiger partial charge in [0.25, 0.3) is 0 Å². The minimum absolute atomic E-state index is 0.223. The first-order valence-corrected chi connectivity index (χ1v) is 8.50. The van der Waals surface area contributed by atoms with Crippen molar-refractivity contribution in [2.24, 2.45) is 5.16 Å². The molecule has 0 spiro atoms. The molecule has 2 heterocycles. The summed E-state index contributed by atoms with van der Waals surface area (Å²) in [5.41, 5.74) is 4.76. The van der Waals surface area contributed by atoms with Crippen molar-refractivity contribution in [1.29, 1.82) is 0 Å². The smallest absolute Gasteiger partial charge is 0.115 e. The number of benzene rings is 2. The first-order chi connectivity index (χ1) is 12.7. The summed E-state index contributed by atoms with van der Waals surface area (Å²) in [7, 11) is 0. The molecule has 130 valence electrons. The summed E-state index contributed by atoms with van der Waals surface area (Å²) in [5, 5.41) is 23.3. The monoisotopic (exact) mass is 345 g/mol. The molecule has 0 aliphatic rings. The molecule has 0 bridgehead atoms. The van der Waals surface area contributed by atoms with Gasteiger partial charge in [-0.25, -0.2) is 0 Å².